The minimum absolute atomic E-state index is 0.186. The fourth-order valence-corrected chi connectivity index (χ4v) is 1.13. The van der Waals surface area contributed by atoms with Gasteiger partial charge >= 0.3 is 0 Å². The van der Waals surface area contributed by atoms with Gasteiger partial charge in [-0.25, -0.2) is 0 Å². The SMILES string of the molecule is CNc1cc(NC(C)(C)C(C)(C)O)nc(N)n1. The van der Waals surface area contributed by atoms with Crippen LogP contribution >= 0.6 is 0 Å². The Morgan fingerprint density at radius 1 is 1.18 bits per heavy atom. The van der Waals surface area contributed by atoms with E-state index in [1.807, 2.05) is 13.8 Å². The van der Waals surface area contributed by atoms with Crippen molar-refractivity contribution in [1.29, 1.82) is 0 Å². The molecular formula is C11H21N5O. The number of nitrogen functional groups attached to an aromatic ring is 1. The van der Waals surface area contributed by atoms with Crippen LogP contribution in [0.25, 0.3) is 0 Å². The number of nitrogens with one attached hydrogen (secondary N) is 2. The molecule has 1 rings (SSSR count). The summed E-state index contributed by atoms with van der Waals surface area (Å²) in [5.74, 6) is 1.39. The minimum Gasteiger partial charge on any atom is -0.388 e. The summed E-state index contributed by atoms with van der Waals surface area (Å²) in [6.07, 6.45) is 0. The number of aromatic nitrogens is 2. The number of rotatable bonds is 4. The highest BCUT2D eigenvalue weighted by molar-refractivity contribution is 5.52. The summed E-state index contributed by atoms with van der Waals surface area (Å²) in [5.41, 5.74) is 4.16. The molecule has 6 nitrogen and oxygen atoms in total. The third kappa shape index (κ3) is 3.20. The molecule has 0 saturated carbocycles. The van der Waals surface area contributed by atoms with E-state index in [4.69, 9.17) is 5.73 Å². The van der Waals surface area contributed by atoms with Gasteiger partial charge in [-0.15, -0.1) is 0 Å². The Balaban J connectivity index is 2.99. The van der Waals surface area contributed by atoms with Crippen LogP contribution in [-0.4, -0.2) is 33.3 Å². The number of anilines is 3. The van der Waals surface area contributed by atoms with E-state index in [1.165, 1.54) is 0 Å². The van der Waals surface area contributed by atoms with Crippen molar-refractivity contribution in [3.05, 3.63) is 6.07 Å². The number of aliphatic hydroxyl groups is 1. The summed E-state index contributed by atoms with van der Waals surface area (Å²) in [6, 6.07) is 1.74. The van der Waals surface area contributed by atoms with E-state index < -0.39 is 11.1 Å². The number of hydrogen-bond acceptors (Lipinski definition) is 6. The molecule has 0 atom stereocenters. The van der Waals surface area contributed by atoms with E-state index in [1.54, 1.807) is 27.0 Å². The lowest BCUT2D eigenvalue weighted by molar-refractivity contribution is 0.0239. The van der Waals surface area contributed by atoms with Gasteiger partial charge in [-0.3, -0.25) is 0 Å². The van der Waals surface area contributed by atoms with Crippen LogP contribution in [0.1, 0.15) is 27.7 Å². The molecule has 6 heteroatoms. The van der Waals surface area contributed by atoms with Crippen molar-refractivity contribution in [3.8, 4) is 0 Å². The van der Waals surface area contributed by atoms with E-state index in [0.29, 0.717) is 11.6 Å². The van der Waals surface area contributed by atoms with Gasteiger partial charge in [-0.1, -0.05) is 0 Å². The van der Waals surface area contributed by atoms with E-state index in [0.717, 1.165) is 0 Å². The highest BCUT2D eigenvalue weighted by atomic mass is 16.3. The zero-order chi connectivity index (χ0) is 13.3. The molecule has 17 heavy (non-hydrogen) atoms. The highest BCUT2D eigenvalue weighted by Crippen LogP contribution is 2.26. The monoisotopic (exact) mass is 239 g/mol. The Kier molecular flexibility index (Phi) is 3.47. The first-order chi connectivity index (χ1) is 7.65. The summed E-state index contributed by atoms with van der Waals surface area (Å²) in [6.45, 7) is 7.27. The molecule has 0 saturated heterocycles. The van der Waals surface area contributed by atoms with Crippen LogP contribution in [0.5, 0.6) is 0 Å². The van der Waals surface area contributed by atoms with Gasteiger partial charge < -0.3 is 21.5 Å². The van der Waals surface area contributed by atoms with Gasteiger partial charge in [0.2, 0.25) is 5.95 Å². The lowest BCUT2D eigenvalue weighted by Crippen LogP contribution is -2.51. The zero-order valence-electron chi connectivity index (χ0n) is 11.0. The van der Waals surface area contributed by atoms with Crippen LogP contribution in [0.3, 0.4) is 0 Å². The molecule has 0 aromatic carbocycles. The molecule has 96 valence electrons. The Morgan fingerprint density at radius 2 is 1.71 bits per heavy atom. The standard InChI is InChI=1S/C11H21N5O/c1-10(2,11(3,4)17)16-8-6-7(13-5)14-9(12)15-8/h6,17H,1-5H3,(H4,12,13,14,15,16). The van der Waals surface area contributed by atoms with Crippen LogP contribution < -0.4 is 16.4 Å². The lowest BCUT2D eigenvalue weighted by Gasteiger charge is -2.38. The Hall–Kier alpha value is -1.56. The molecule has 1 aromatic rings. The first-order valence-electron chi connectivity index (χ1n) is 5.48. The van der Waals surface area contributed by atoms with Crippen molar-refractivity contribution in [2.45, 2.75) is 38.8 Å². The average molecular weight is 239 g/mol. The van der Waals surface area contributed by atoms with Crippen molar-refractivity contribution in [3.63, 3.8) is 0 Å². The van der Waals surface area contributed by atoms with Crippen LogP contribution in [-0.2, 0) is 0 Å². The molecule has 0 radical (unpaired) electrons. The van der Waals surface area contributed by atoms with Crippen molar-refractivity contribution >= 4 is 17.6 Å². The largest absolute Gasteiger partial charge is 0.388 e. The normalized spacial score (nSPS) is 12.4. The zero-order valence-corrected chi connectivity index (χ0v) is 11.0. The fourth-order valence-electron chi connectivity index (χ4n) is 1.13. The Morgan fingerprint density at radius 3 is 2.18 bits per heavy atom. The van der Waals surface area contributed by atoms with Crippen LogP contribution in [0.15, 0.2) is 6.07 Å². The third-order valence-corrected chi connectivity index (χ3v) is 2.97. The van der Waals surface area contributed by atoms with Gasteiger partial charge in [0, 0.05) is 13.1 Å². The second-order valence-electron chi connectivity index (χ2n) is 5.06. The maximum absolute atomic E-state index is 10.0. The highest BCUT2D eigenvalue weighted by Gasteiger charge is 2.35. The summed E-state index contributed by atoms with van der Waals surface area (Å²) in [5, 5.41) is 16.1. The van der Waals surface area contributed by atoms with Gasteiger partial charge in [0.25, 0.3) is 0 Å². The maximum atomic E-state index is 10.0. The molecule has 5 N–H and O–H groups in total. The van der Waals surface area contributed by atoms with Gasteiger partial charge in [0.1, 0.15) is 11.6 Å². The van der Waals surface area contributed by atoms with Gasteiger partial charge in [0.05, 0.1) is 11.1 Å². The molecule has 0 amide bonds. The molecule has 0 aliphatic heterocycles. The number of nitrogens with zero attached hydrogens (tertiary/aromatic N) is 2. The van der Waals surface area contributed by atoms with Crippen LogP contribution in [0, 0.1) is 0 Å². The third-order valence-electron chi connectivity index (χ3n) is 2.97. The molecule has 0 spiro atoms. The average Bonchev–Trinajstić information content (AvgIpc) is 2.14. The number of nitrogens with two attached hydrogens (primary N) is 1. The maximum Gasteiger partial charge on any atom is 0.223 e. The lowest BCUT2D eigenvalue weighted by atomic mass is 9.86. The fraction of sp³-hybridized carbons (Fsp3) is 0.636. The van der Waals surface area contributed by atoms with Crippen LogP contribution in [0.2, 0.25) is 0 Å². The van der Waals surface area contributed by atoms with Gasteiger partial charge in [0.15, 0.2) is 0 Å². The molecule has 0 aliphatic carbocycles. The minimum atomic E-state index is -0.896. The number of hydrogen-bond donors (Lipinski definition) is 4. The molecule has 0 aliphatic rings. The summed E-state index contributed by atoms with van der Waals surface area (Å²) < 4.78 is 0. The van der Waals surface area contributed by atoms with E-state index >= 15 is 0 Å². The predicted octanol–water partition coefficient (Wildman–Crippen LogP) is 1.06. The second-order valence-corrected chi connectivity index (χ2v) is 5.06. The first kappa shape index (κ1) is 13.5. The van der Waals surface area contributed by atoms with Crippen molar-refractivity contribution < 1.29 is 5.11 Å². The van der Waals surface area contributed by atoms with E-state index in [2.05, 4.69) is 20.6 Å². The van der Waals surface area contributed by atoms with Crippen LogP contribution in [0.4, 0.5) is 17.6 Å². The Labute approximate surface area is 102 Å². The summed E-state index contributed by atoms with van der Waals surface area (Å²) in [4.78, 5) is 8.08. The quantitative estimate of drug-likeness (QED) is 0.627. The molecule has 1 aromatic heterocycles. The first-order valence-corrected chi connectivity index (χ1v) is 5.48. The summed E-state index contributed by atoms with van der Waals surface area (Å²) in [7, 11) is 1.76. The predicted molar refractivity (Wildman–Crippen MR) is 70.0 cm³/mol. The molecule has 0 fully saturated rings. The van der Waals surface area contributed by atoms with E-state index in [9.17, 15) is 5.11 Å². The molecule has 0 unspecified atom stereocenters. The summed E-state index contributed by atoms with van der Waals surface area (Å²) >= 11 is 0. The second kappa shape index (κ2) is 4.37. The Bertz CT molecular complexity index is 397. The molecular weight excluding hydrogens is 218 g/mol. The van der Waals surface area contributed by atoms with E-state index in [-0.39, 0.29) is 5.95 Å². The van der Waals surface area contributed by atoms with Gasteiger partial charge in [-0.2, -0.15) is 9.97 Å². The molecule has 0 bridgehead atoms. The topological polar surface area (TPSA) is 96.1 Å². The van der Waals surface area contributed by atoms with Gasteiger partial charge in [-0.05, 0) is 27.7 Å². The van der Waals surface area contributed by atoms with Crippen molar-refractivity contribution in [1.82, 2.24) is 9.97 Å². The van der Waals surface area contributed by atoms with Crippen molar-refractivity contribution in [2.24, 2.45) is 0 Å². The molecule has 1 heterocycles. The van der Waals surface area contributed by atoms with Crippen molar-refractivity contribution in [2.75, 3.05) is 23.4 Å². The smallest absolute Gasteiger partial charge is 0.223 e.